The van der Waals surface area contributed by atoms with Gasteiger partial charge in [-0.2, -0.15) is 0 Å². The largest absolute Gasteiger partial charge is 0.0444 e. The third-order valence-electron chi connectivity index (χ3n) is 1.77. The van der Waals surface area contributed by atoms with Crippen molar-refractivity contribution in [3.8, 4) is 0 Å². The fourth-order valence-corrected chi connectivity index (χ4v) is 2.03. The lowest BCUT2D eigenvalue weighted by Crippen LogP contribution is -2.43. The van der Waals surface area contributed by atoms with Gasteiger partial charge in [0.15, 0.2) is 0 Å². The number of rotatable bonds is 0. The molecule has 0 aliphatic heterocycles. The van der Waals surface area contributed by atoms with Gasteiger partial charge in [0.05, 0.1) is 0 Å². The zero-order valence-electron chi connectivity index (χ0n) is 3.62. The van der Waals surface area contributed by atoms with E-state index in [4.69, 9.17) is 0 Å². The number of hydrogen-bond donors (Lipinski definition) is 0. The molecule has 6 heavy (non-hydrogen) atoms. The Morgan fingerprint density at radius 1 is 1.33 bits per heavy atom. The third-order valence-corrected chi connectivity index (χ3v) is 2.30. The number of hydrogen-bond acceptors (Lipinski definition) is 0. The van der Waals surface area contributed by atoms with Gasteiger partial charge in [-0.3, -0.25) is 0 Å². The van der Waals surface area contributed by atoms with Crippen LogP contribution in [0.5, 0.6) is 0 Å². The van der Waals surface area contributed by atoms with Crippen LogP contribution in [0.1, 0.15) is 19.3 Å². The standard InChI is InChI=1S/C5H6Si/c6-5-1-4(2-5)3-5/h1-3H2. The van der Waals surface area contributed by atoms with Gasteiger partial charge in [-0.05, 0) is 30.2 Å². The molecular weight excluding hydrogens is 88.1 g/mol. The lowest BCUT2D eigenvalue weighted by atomic mass is 9.55. The molecule has 30 valence electrons. The van der Waals surface area contributed by atoms with Crippen LogP contribution in [0.2, 0.25) is 5.04 Å². The second kappa shape index (κ2) is 0.622. The second-order valence-corrected chi connectivity index (χ2v) is 3.62. The predicted molar refractivity (Wildman–Crippen MR) is 25.5 cm³/mol. The molecule has 0 aromatic carbocycles. The Balaban J connectivity index is 2.19. The van der Waals surface area contributed by atoms with Crippen LogP contribution < -0.4 is 0 Å². The lowest BCUT2D eigenvalue weighted by Gasteiger charge is -2.59. The molecule has 0 amide bonds. The van der Waals surface area contributed by atoms with Gasteiger partial charge in [-0.25, -0.2) is 0 Å². The van der Waals surface area contributed by atoms with Crippen LogP contribution in [0.4, 0.5) is 0 Å². The van der Waals surface area contributed by atoms with Crippen LogP contribution in [0, 0.1) is 5.92 Å². The maximum Gasteiger partial charge on any atom is 0.0314 e. The molecule has 0 spiro atoms. The zero-order chi connectivity index (χ0) is 4.20. The molecule has 0 heterocycles. The van der Waals surface area contributed by atoms with E-state index in [0.717, 1.165) is 0 Å². The van der Waals surface area contributed by atoms with Gasteiger partial charge in [-0.1, -0.05) is 0 Å². The highest BCUT2D eigenvalue weighted by molar-refractivity contribution is 6.18. The van der Waals surface area contributed by atoms with Gasteiger partial charge in [0, 0.05) is 10.2 Å². The highest BCUT2D eigenvalue weighted by Crippen LogP contribution is 2.69. The van der Waals surface area contributed by atoms with Gasteiger partial charge in [0.25, 0.3) is 0 Å². The molecule has 2 bridgehead atoms. The van der Waals surface area contributed by atoms with Crippen molar-refractivity contribution in [1.29, 1.82) is 0 Å². The molecule has 0 atom stereocenters. The summed E-state index contributed by atoms with van der Waals surface area (Å²) in [5.74, 6) is 1.77. The van der Waals surface area contributed by atoms with Crippen LogP contribution in [0.25, 0.3) is 0 Å². The van der Waals surface area contributed by atoms with Gasteiger partial charge in [0.2, 0.25) is 0 Å². The van der Waals surface area contributed by atoms with Crippen molar-refractivity contribution in [3.63, 3.8) is 0 Å². The average molecular weight is 94.2 g/mol. The van der Waals surface area contributed by atoms with Gasteiger partial charge < -0.3 is 0 Å². The van der Waals surface area contributed by atoms with E-state index in [0.29, 0.717) is 5.04 Å². The molecule has 4 radical (unpaired) electrons. The summed E-state index contributed by atoms with van der Waals surface area (Å²) in [5, 5.41) is 0.634. The summed E-state index contributed by atoms with van der Waals surface area (Å²) in [6.07, 6.45) is 4.14. The first-order valence-corrected chi connectivity index (χ1v) is 2.87. The minimum atomic E-state index is 0.634. The van der Waals surface area contributed by atoms with Crippen molar-refractivity contribution in [2.24, 2.45) is 0 Å². The summed E-state index contributed by atoms with van der Waals surface area (Å²) < 4.78 is 0. The van der Waals surface area contributed by atoms with E-state index < -0.39 is 0 Å². The van der Waals surface area contributed by atoms with Crippen molar-refractivity contribution in [2.75, 3.05) is 0 Å². The van der Waals surface area contributed by atoms with Gasteiger partial charge in [0.1, 0.15) is 0 Å². The molecule has 1 heteroatoms. The molecule has 3 aliphatic rings. The monoisotopic (exact) mass is 94.0 g/mol. The fraction of sp³-hybridized carbons (Fsp3) is 0.800. The summed E-state index contributed by atoms with van der Waals surface area (Å²) in [7, 11) is 3.66. The quantitative estimate of drug-likeness (QED) is 0.394. The van der Waals surface area contributed by atoms with Crippen molar-refractivity contribution in [2.45, 2.75) is 24.3 Å². The first kappa shape index (κ1) is 3.25. The lowest BCUT2D eigenvalue weighted by molar-refractivity contribution is 0.212. The Morgan fingerprint density at radius 3 is 1.67 bits per heavy atom. The van der Waals surface area contributed by atoms with Crippen LogP contribution in [0.15, 0.2) is 0 Å². The Hall–Kier alpha value is 0.217. The first-order valence-electron chi connectivity index (χ1n) is 2.37. The minimum absolute atomic E-state index is 0.634. The van der Waals surface area contributed by atoms with Crippen LogP contribution in [-0.2, 0) is 0 Å². The highest BCUT2D eigenvalue weighted by atomic mass is 28.1. The Labute approximate surface area is 41.4 Å². The van der Waals surface area contributed by atoms with E-state index in [1.165, 1.54) is 19.3 Å². The summed E-state index contributed by atoms with van der Waals surface area (Å²) in [6, 6.07) is 0. The van der Waals surface area contributed by atoms with Gasteiger partial charge in [-0.15, -0.1) is 0 Å². The minimum Gasteiger partial charge on any atom is -0.0444 e. The molecule has 0 unspecified atom stereocenters. The summed E-state index contributed by atoms with van der Waals surface area (Å²) >= 11 is 0. The zero-order valence-corrected chi connectivity index (χ0v) is 4.62. The highest BCUT2D eigenvalue weighted by Gasteiger charge is 2.52. The summed E-state index contributed by atoms with van der Waals surface area (Å²) in [6.45, 7) is 0. The van der Waals surface area contributed by atoms with E-state index >= 15 is 0 Å². The van der Waals surface area contributed by atoms with E-state index in [-0.39, 0.29) is 0 Å². The van der Waals surface area contributed by atoms with Crippen molar-refractivity contribution in [3.05, 3.63) is 5.92 Å². The topological polar surface area (TPSA) is 0 Å². The molecule has 0 saturated heterocycles. The first-order chi connectivity index (χ1) is 2.79. The van der Waals surface area contributed by atoms with Crippen molar-refractivity contribution >= 4 is 10.2 Å². The maximum absolute atomic E-state index is 3.66. The molecule has 3 rings (SSSR count). The van der Waals surface area contributed by atoms with Crippen molar-refractivity contribution < 1.29 is 0 Å². The molecule has 3 fully saturated rings. The molecule has 0 aromatic rings. The average Bonchev–Trinajstić information content (AvgIpc) is 1.24. The van der Waals surface area contributed by atoms with E-state index in [2.05, 4.69) is 10.2 Å². The molecular formula is C5H6Si. The summed E-state index contributed by atoms with van der Waals surface area (Å²) in [4.78, 5) is 0. The molecule has 0 aromatic heterocycles. The SMILES string of the molecule is [Si]C12C[C](C1)C2. The van der Waals surface area contributed by atoms with Crippen LogP contribution >= 0.6 is 0 Å². The molecule has 3 aliphatic carbocycles. The van der Waals surface area contributed by atoms with Crippen LogP contribution in [-0.4, -0.2) is 10.2 Å². The maximum atomic E-state index is 3.66. The summed E-state index contributed by atoms with van der Waals surface area (Å²) in [5.41, 5.74) is 0. The van der Waals surface area contributed by atoms with E-state index in [1.54, 1.807) is 5.92 Å². The normalized spacial score (nSPS) is 37.5. The second-order valence-electron chi connectivity index (χ2n) is 2.56. The van der Waals surface area contributed by atoms with E-state index in [9.17, 15) is 0 Å². The third kappa shape index (κ3) is 0.188. The van der Waals surface area contributed by atoms with Crippen molar-refractivity contribution in [1.82, 2.24) is 0 Å². The van der Waals surface area contributed by atoms with Gasteiger partial charge >= 0.3 is 0 Å². The predicted octanol–water partition coefficient (Wildman–Crippen LogP) is 1.09. The van der Waals surface area contributed by atoms with E-state index in [1.807, 2.05) is 0 Å². The fourth-order valence-electron chi connectivity index (χ4n) is 1.28. The Bertz CT molecular complexity index is 70.9. The molecule has 0 nitrogen and oxygen atoms in total. The van der Waals surface area contributed by atoms with Crippen LogP contribution in [0.3, 0.4) is 0 Å². The Kier molecular flexibility index (Phi) is 0.337. The molecule has 0 N–H and O–H groups in total. The Morgan fingerprint density at radius 2 is 1.67 bits per heavy atom. The smallest absolute Gasteiger partial charge is 0.0314 e. The molecule has 3 saturated carbocycles.